The van der Waals surface area contributed by atoms with Crippen LogP contribution in [0.3, 0.4) is 0 Å². The van der Waals surface area contributed by atoms with Gasteiger partial charge in [-0.3, -0.25) is 9.59 Å². The highest BCUT2D eigenvalue weighted by molar-refractivity contribution is 5.95. The molecular formula is C16H26ClN3O4. The van der Waals surface area contributed by atoms with Crippen LogP contribution in [0.25, 0.3) is 0 Å². The minimum atomic E-state index is -0.0235. The molecule has 2 heterocycles. The fourth-order valence-corrected chi connectivity index (χ4v) is 2.65. The summed E-state index contributed by atoms with van der Waals surface area (Å²) in [6.45, 7) is 7.39. The molecule has 1 aromatic rings. The van der Waals surface area contributed by atoms with Gasteiger partial charge in [0, 0.05) is 39.8 Å². The summed E-state index contributed by atoms with van der Waals surface area (Å²) in [4.78, 5) is 28.1. The molecule has 0 aliphatic carbocycles. The molecule has 1 saturated heterocycles. The Morgan fingerprint density at radius 1 is 1.21 bits per heavy atom. The van der Waals surface area contributed by atoms with E-state index >= 15 is 0 Å². The van der Waals surface area contributed by atoms with Gasteiger partial charge in [0.15, 0.2) is 0 Å². The number of carbonyl (C=O) groups excluding carboxylic acids is 2. The molecule has 1 N–H and O–H groups in total. The number of methoxy groups -OCH3 is 1. The van der Waals surface area contributed by atoms with Crippen LogP contribution in [-0.2, 0) is 9.53 Å². The largest absolute Gasteiger partial charge is 0.466 e. The van der Waals surface area contributed by atoms with Gasteiger partial charge in [-0.15, -0.1) is 12.4 Å². The third-order valence-corrected chi connectivity index (χ3v) is 3.95. The Morgan fingerprint density at radius 3 is 2.38 bits per heavy atom. The summed E-state index contributed by atoms with van der Waals surface area (Å²) in [5.41, 5.74) is 0.614. The number of piperazine rings is 1. The Hall–Kier alpha value is -1.57. The lowest BCUT2D eigenvalue weighted by molar-refractivity contribution is -0.131. The van der Waals surface area contributed by atoms with Crippen molar-refractivity contribution in [3.05, 3.63) is 23.2 Å². The standard InChI is InChI=1S/C16H25N3O4.ClH/c1-12-10-14(13(2)23-12)16(21)19-7-5-18(6-8-19)15(20)11-17-4-9-22-3;/h10,17H,4-9,11H2,1-3H3;1H. The van der Waals surface area contributed by atoms with Gasteiger partial charge in [-0.2, -0.15) is 0 Å². The van der Waals surface area contributed by atoms with Crippen molar-refractivity contribution in [2.75, 3.05) is 53.0 Å². The van der Waals surface area contributed by atoms with Crippen molar-refractivity contribution in [2.45, 2.75) is 13.8 Å². The molecule has 7 nitrogen and oxygen atoms in total. The number of nitrogens with zero attached hydrogens (tertiary/aromatic N) is 2. The van der Waals surface area contributed by atoms with Crippen LogP contribution in [0.15, 0.2) is 10.5 Å². The third-order valence-electron chi connectivity index (χ3n) is 3.95. The first-order chi connectivity index (χ1) is 11.0. The van der Waals surface area contributed by atoms with Gasteiger partial charge in [0.25, 0.3) is 5.91 Å². The van der Waals surface area contributed by atoms with Crippen molar-refractivity contribution >= 4 is 24.2 Å². The second kappa shape index (κ2) is 9.66. The maximum atomic E-state index is 12.5. The SMILES string of the molecule is COCCNCC(=O)N1CCN(C(=O)c2cc(C)oc2C)CC1.Cl. The lowest BCUT2D eigenvalue weighted by atomic mass is 10.2. The molecule has 0 unspecified atom stereocenters. The van der Waals surface area contributed by atoms with Gasteiger partial charge >= 0.3 is 0 Å². The molecular weight excluding hydrogens is 334 g/mol. The number of furan rings is 1. The number of aryl methyl sites for hydroxylation is 2. The summed E-state index contributed by atoms with van der Waals surface area (Å²) >= 11 is 0. The molecule has 1 fully saturated rings. The molecule has 1 aliphatic rings. The van der Waals surface area contributed by atoms with Gasteiger partial charge in [-0.25, -0.2) is 0 Å². The number of carbonyl (C=O) groups is 2. The number of amides is 2. The average molecular weight is 360 g/mol. The lowest BCUT2D eigenvalue weighted by Crippen LogP contribution is -2.52. The summed E-state index contributed by atoms with van der Waals surface area (Å²) in [6, 6.07) is 1.77. The zero-order chi connectivity index (χ0) is 16.8. The van der Waals surface area contributed by atoms with Gasteiger partial charge in [0.2, 0.25) is 5.91 Å². The smallest absolute Gasteiger partial charge is 0.257 e. The lowest BCUT2D eigenvalue weighted by Gasteiger charge is -2.34. The number of hydrogen-bond acceptors (Lipinski definition) is 5. The molecule has 1 aromatic heterocycles. The zero-order valence-corrected chi connectivity index (χ0v) is 15.3. The average Bonchev–Trinajstić information content (AvgIpc) is 2.89. The molecule has 2 amide bonds. The Labute approximate surface area is 148 Å². The Balaban J connectivity index is 0.00000288. The molecule has 0 saturated carbocycles. The number of halogens is 1. The van der Waals surface area contributed by atoms with E-state index in [-0.39, 0.29) is 24.2 Å². The van der Waals surface area contributed by atoms with Crippen LogP contribution < -0.4 is 5.32 Å². The molecule has 0 radical (unpaired) electrons. The monoisotopic (exact) mass is 359 g/mol. The van der Waals surface area contributed by atoms with Crippen molar-refractivity contribution in [2.24, 2.45) is 0 Å². The van der Waals surface area contributed by atoms with Crippen LogP contribution in [-0.4, -0.2) is 74.6 Å². The number of ether oxygens (including phenoxy) is 1. The molecule has 24 heavy (non-hydrogen) atoms. The second-order valence-corrected chi connectivity index (χ2v) is 5.67. The molecule has 0 spiro atoms. The first-order valence-electron chi connectivity index (χ1n) is 7.86. The molecule has 0 bridgehead atoms. The normalized spacial score (nSPS) is 14.5. The van der Waals surface area contributed by atoms with Crippen molar-refractivity contribution < 1.29 is 18.7 Å². The minimum absolute atomic E-state index is 0. The van der Waals surface area contributed by atoms with Crippen LogP contribution in [0.5, 0.6) is 0 Å². The van der Waals surface area contributed by atoms with E-state index in [4.69, 9.17) is 9.15 Å². The minimum Gasteiger partial charge on any atom is -0.466 e. The fourth-order valence-electron chi connectivity index (χ4n) is 2.65. The number of hydrogen-bond donors (Lipinski definition) is 1. The van der Waals surface area contributed by atoms with Gasteiger partial charge in [0.05, 0.1) is 18.7 Å². The zero-order valence-electron chi connectivity index (χ0n) is 14.5. The summed E-state index contributed by atoms with van der Waals surface area (Å²) < 4.78 is 10.3. The first kappa shape index (κ1) is 20.5. The van der Waals surface area contributed by atoms with E-state index in [0.29, 0.717) is 57.2 Å². The molecule has 8 heteroatoms. The topological polar surface area (TPSA) is 75.0 Å². The second-order valence-electron chi connectivity index (χ2n) is 5.67. The molecule has 0 atom stereocenters. The Bertz CT molecular complexity index is 554. The van der Waals surface area contributed by atoms with E-state index in [1.807, 2.05) is 6.92 Å². The number of nitrogens with one attached hydrogen (secondary N) is 1. The fraction of sp³-hybridized carbons (Fsp3) is 0.625. The van der Waals surface area contributed by atoms with Gasteiger partial charge in [-0.05, 0) is 19.9 Å². The van der Waals surface area contributed by atoms with E-state index in [2.05, 4.69) is 5.32 Å². The first-order valence-corrected chi connectivity index (χ1v) is 7.86. The molecule has 2 rings (SSSR count). The third kappa shape index (κ3) is 5.22. The van der Waals surface area contributed by atoms with Crippen molar-refractivity contribution in [1.82, 2.24) is 15.1 Å². The Morgan fingerprint density at radius 2 is 1.83 bits per heavy atom. The highest BCUT2D eigenvalue weighted by Crippen LogP contribution is 2.17. The van der Waals surface area contributed by atoms with Crippen LogP contribution in [0.1, 0.15) is 21.9 Å². The van der Waals surface area contributed by atoms with Crippen molar-refractivity contribution in [3.63, 3.8) is 0 Å². The van der Waals surface area contributed by atoms with Crippen LogP contribution in [0.2, 0.25) is 0 Å². The predicted octanol–water partition coefficient (Wildman–Crippen LogP) is 0.839. The molecule has 136 valence electrons. The maximum Gasteiger partial charge on any atom is 0.257 e. The molecule has 0 aromatic carbocycles. The predicted molar refractivity (Wildman–Crippen MR) is 92.7 cm³/mol. The molecule has 1 aliphatic heterocycles. The van der Waals surface area contributed by atoms with Crippen molar-refractivity contribution in [3.8, 4) is 0 Å². The quantitative estimate of drug-likeness (QED) is 0.762. The van der Waals surface area contributed by atoms with E-state index in [9.17, 15) is 9.59 Å². The maximum absolute atomic E-state index is 12.5. The summed E-state index contributed by atoms with van der Waals surface area (Å²) in [7, 11) is 1.63. The number of rotatable bonds is 6. The van der Waals surface area contributed by atoms with Crippen LogP contribution >= 0.6 is 12.4 Å². The van der Waals surface area contributed by atoms with E-state index in [1.54, 1.807) is 29.9 Å². The van der Waals surface area contributed by atoms with E-state index < -0.39 is 0 Å². The summed E-state index contributed by atoms with van der Waals surface area (Å²) in [5, 5.41) is 3.04. The van der Waals surface area contributed by atoms with Gasteiger partial charge in [-0.1, -0.05) is 0 Å². The van der Waals surface area contributed by atoms with Crippen LogP contribution in [0.4, 0.5) is 0 Å². The highest BCUT2D eigenvalue weighted by atomic mass is 35.5. The van der Waals surface area contributed by atoms with E-state index in [1.165, 1.54) is 0 Å². The van der Waals surface area contributed by atoms with Crippen LogP contribution in [0, 0.1) is 13.8 Å². The van der Waals surface area contributed by atoms with E-state index in [0.717, 1.165) is 5.76 Å². The van der Waals surface area contributed by atoms with Gasteiger partial charge < -0.3 is 24.3 Å². The summed E-state index contributed by atoms with van der Waals surface area (Å²) in [6.07, 6.45) is 0. The highest BCUT2D eigenvalue weighted by Gasteiger charge is 2.26. The Kier molecular flexibility index (Phi) is 8.24. The van der Waals surface area contributed by atoms with Gasteiger partial charge in [0.1, 0.15) is 11.5 Å². The summed E-state index contributed by atoms with van der Waals surface area (Å²) in [5.74, 6) is 1.42. The van der Waals surface area contributed by atoms with Crippen molar-refractivity contribution in [1.29, 1.82) is 0 Å².